The summed E-state index contributed by atoms with van der Waals surface area (Å²) in [6.45, 7) is 7.20. The van der Waals surface area contributed by atoms with E-state index in [0.717, 1.165) is 6.42 Å². The van der Waals surface area contributed by atoms with Crippen molar-refractivity contribution in [3.05, 3.63) is 33.8 Å². The highest BCUT2D eigenvalue weighted by molar-refractivity contribution is 5.77. The van der Waals surface area contributed by atoms with E-state index >= 15 is 0 Å². The number of aromatic nitrogens is 3. The normalized spacial score (nSPS) is 12.9. The first kappa shape index (κ1) is 12.7. The molecule has 5 heteroatoms. The predicted octanol–water partition coefficient (Wildman–Crippen LogP) is 2.52. The van der Waals surface area contributed by atoms with Crippen LogP contribution in [-0.4, -0.2) is 14.5 Å². The van der Waals surface area contributed by atoms with Gasteiger partial charge in [-0.15, -0.1) is 0 Å². The number of hydrogen-bond acceptors (Lipinski definition) is 3. The molecule has 18 heavy (non-hydrogen) atoms. The van der Waals surface area contributed by atoms with E-state index in [1.165, 1.54) is 10.6 Å². The van der Waals surface area contributed by atoms with Gasteiger partial charge in [0.2, 0.25) is 0 Å². The van der Waals surface area contributed by atoms with Gasteiger partial charge in [-0.2, -0.15) is 4.98 Å². The zero-order valence-electron chi connectivity index (χ0n) is 11.0. The highest BCUT2D eigenvalue weighted by atomic mass is 19.1. The van der Waals surface area contributed by atoms with Crippen molar-refractivity contribution >= 4 is 11.0 Å². The Morgan fingerprint density at radius 1 is 1.33 bits per heavy atom. The average Bonchev–Trinajstić information content (AvgIpc) is 2.31. The van der Waals surface area contributed by atoms with E-state index in [0.29, 0.717) is 22.4 Å². The van der Waals surface area contributed by atoms with Gasteiger partial charge in [-0.05, 0) is 33.3 Å². The molecule has 0 N–H and O–H groups in total. The molecule has 0 aliphatic carbocycles. The van der Waals surface area contributed by atoms with Crippen molar-refractivity contribution in [1.82, 2.24) is 14.5 Å². The van der Waals surface area contributed by atoms with Gasteiger partial charge in [0.05, 0.1) is 11.4 Å². The Morgan fingerprint density at radius 2 is 2.00 bits per heavy atom. The molecular weight excluding hydrogens is 233 g/mol. The summed E-state index contributed by atoms with van der Waals surface area (Å²) in [4.78, 5) is 20.1. The molecule has 2 aromatic rings. The van der Waals surface area contributed by atoms with Gasteiger partial charge in [0.15, 0.2) is 0 Å². The highest BCUT2D eigenvalue weighted by Gasteiger charge is 2.15. The quantitative estimate of drug-likeness (QED) is 0.821. The molecule has 0 saturated carbocycles. The Labute approximate surface area is 104 Å². The maximum Gasteiger partial charge on any atom is 0.349 e. The van der Waals surface area contributed by atoms with Crippen LogP contribution >= 0.6 is 0 Å². The SMILES string of the molecule is CCC(C)n1c(=O)nc(C)c2cc(F)c(C)nc21. The van der Waals surface area contributed by atoms with Crippen LogP contribution in [0.5, 0.6) is 0 Å². The molecule has 0 bridgehead atoms. The Kier molecular flexibility index (Phi) is 3.15. The molecular formula is C13H16FN3O. The van der Waals surface area contributed by atoms with Crippen molar-refractivity contribution in [3.8, 4) is 0 Å². The minimum Gasteiger partial charge on any atom is -0.273 e. The highest BCUT2D eigenvalue weighted by Crippen LogP contribution is 2.20. The predicted molar refractivity (Wildman–Crippen MR) is 68.2 cm³/mol. The van der Waals surface area contributed by atoms with E-state index in [1.54, 1.807) is 13.8 Å². The molecule has 96 valence electrons. The second-order valence-electron chi connectivity index (χ2n) is 4.53. The van der Waals surface area contributed by atoms with E-state index in [9.17, 15) is 9.18 Å². The third kappa shape index (κ3) is 1.89. The Bertz CT molecular complexity index is 663. The molecule has 0 aromatic carbocycles. The number of aryl methyl sites for hydroxylation is 2. The van der Waals surface area contributed by atoms with Crippen molar-refractivity contribution in [2.24, 2.45) is 0 Å². The van der Waals surface area contributed by atoms with Crippen LogP contribution in [0.25, 0.3) is 11.0 Å². The molecule has 0 radical (unpaired) electrons. The minimum absolute atomic E-state index is 0.00883. The standard InChI is InChI=1S/C13H16FN3O/c1-5-7(2)17-12-10(8(3)16-13(17)18)6-11(14)9(4)15-12/h6-7H,5H2,1-4H3. The number of rotatable bonds is 2. The topological polar surface area (TPSA) is 47.8 Å². The lowest BCUT2D eigenvalue weighted by Crippen LogP contribution is -2.27. The molecule has 2 aromatic heterocycles. The van der Waals surface area contributed by atoms with Crippen molar-refractivity contribution in [2.75, 3.05) is 0 Å². The average molecular weight is 249 g/mol. The summed E-state index contributed by atoms with van der Waals surface area (Å²) >= 11 is 0. The first-order valence-electron chi connectivity index (χ1n) is 6.01. The summed E-state index contributed by atoms with van der Waals surface area (Å²) in [6.07, 6.45) is 0.790. The first-order valence-corrected chi connectivity index (χ1v) is 6.01. The zero-order valence-corrected chi connectivity index (χ0v) is 11.0. The van der Waals surface area contributed by atoms with E-state index in [4.69, 9.17) is 0 Å². The number of fused-ring (bicyclic) bond motifs is 1. The molecule has 0 aliphatic heterocycles. The molecule has 4 nitrogen and oxygen atoms in total. The summed E-state index contributed by atoms with van der Waals surface area (Å²) in [7, 11) is 0. The molecule has 1 atom stereocenters. The van der Waals surface area contributed by atoms with E-state index < -0.39 is 0 Å². The van der Waals surface area contributed by atoms with Gasteiger partial charge in [0, 0.05) is 11.4 Å². The fourth-order valence-electron chi connectivity index (χ4n) is 1.95. The van der Waals surface area contributed by atoms with Gasteiger partial charge in [0.25, 0.3) is 0 Å². The maximum absolute atomic E-state index is 13.6. The van der Waals surface area contributed by atoms with E-state index in [1.807, 2.05) is 13.8 Å². The monoisotopic (exact) mass is 249 g/mol. The van der Waals surface area contributed by atoms with Crippen LogP contribution in [0.15, 0.2) is 10.9 Å². The van der Waals surface area contributed by atoms with Crippen molar-refractivity contribution in [1.29, 1.82) is 0 Å². The number of hydrogen-bond donors (Lipinski definition) is 0. The Balaban J connectivity index is 2.93. The van der Waals surface area contributed by atoms with Crippen LogP contribution in [-0.2, 0) is 0 Å². The summed E-state index contributed by atoms with van der Waals surface area (Å²) in [5, 5.41) is 0.595. The Hall–Kier alpha value is -1.78. The van der Waals surface area contributed by atoms with Gasteiger partial charge < -0.3 is 0 Å². The minimum atomic E-state index is -0.373. The van der Waals surface area contributed by atoms with Crippen LogP contribution in [0.2, 0.25) is 0 Å². The fourth-order valence-corrected chi connectivity index (χ4v) is 1.95. The molecule has 2 rings (SSSR count). The lowest BCUT2D eigenvalue weighted by Gasteiger charge is -2.16. The molecule has 0 fully saturated rings. The zero-order chi connectivity index (χ0) is 13.4. The summed E-state index contributed by atoms with van der Waals surface area (Å²) in [5.41, 5.74) is 0.999. The summed E-state index contributed by atoms with van der Waals surface area (Å²) < 4.78 is 15.1. The molecule has 0 spiro atoms. The van der Waals surface area contributed by atoms with E-state index in [-0.39, 0.29) is 17.5 Å². The van der Waals surface area contributed by atoms with Gasteiger partial charge >= 0.3 is 5.69 Å². The molecule has 0 aliphatic rings. The molecule has 1 unspecified atom stereocenters. The molecule has 2 heterocycles. The summed E-state index contributed by atoms with van der Waals surface area (Å²) in [5.74, 6) is -0.373. The van der Waals surface area contributed by atoms with Gasteiger partial charge in [-0.1, -0.05) is 6.92 Å². The van der Waals surface area contributed by atoms with Crippen LogP contribution in [0.3, 0.4) is 0 Å². The smallest absolute Gasteiger partial charge is 0.273 e. The van der Waals surface area contributed by atoms with Gasteiger partial charge in [-0.25, -0.2) is 14.2 Å². The van der Waals surface area contributed by atoms with Crippen molar-refractivity contribution in [2.45, 2.75) is 40.2 Å². The van der Waals surface area contributed by atoms with Crippen LogP contribution in [0, 0.1) is 19.7 Å². The molecule has 0 amide bonds. The second-order valence-corrected chi connectivity index (χ2v) is 4.53. The van der Waals surface area contributed by atoms with Crippen LogP contribution in [0.1, 0.15) is 37.7 Å². The first-order chi connectivity index (χ1) is 8.45. The van der Waals surface area contributed by atoms with E-state index in [2.05, 4.69) is 9.97 Å². The summed E-state index contributed by atoms with van der Waals surface area (Å²) in [6, 6.07) is 1.39. The second kappa shape index (κ2) is 4.48. The van der Waals surface area contributed by atoms with Crippen molar-refractivity contribution in [3.63, 3.8) is 0 Å². The number of nitrogens with zero attached hydrogens (tertiary/aromatic N) is 3. The largest absolute Gasteiger partial charge is 0.349 e. The van der Waals surface area contributed by atoms with Gasteiger partial charge in [-0.3, -0.25) is 4.57 Å². The third-order valence-electron chi connectivity index (χ3n) is 3.25. The maximum atomic E-state index is 13.6. The molecule has 0 saturated heterocycles. The number of pyridine rings is 1. The lowest BCUT2D eigenvalue weighted by molar-refractivity contribution is 0.515. The van der Waals surface area contributed by atoms with Gasteiger partial charge in [0.1, 0.15) is 11.5 Å². The Morgan fingerprint density at radius 3 is 2.61 bits per heavy atom. The lowest BCUT2D eigenvalue weighted by atomic mass is 10.2. The van der Waals surface area contributed by atoms with Crippen LogP contribution < -0.4 is 5.69 Å². The fraction of sp³-hybridized carbons (Fsp3) is 0.462. The van der Waals surface area contributed by atoms with Crippen LogP contribution in [0.4, 0.5) is 4.39 Å². The van der Waals surface area contributed by atoms with Crippen molar-refractivity contribution < 1.29 is 4.39 Å². The number of halogens is 1. The third-order valence-corrected chi connectivity index (χ3v) is 3.25.